The molecule has 0 unspecified atom stereocenters. The Morgan fingerprint density at radius 2 is 2.00 bits per heavy atom. The van der Waals surface area contributed by atoms with Gasteiger partial charge in [-0.25, -0.2) is 9.37 Å². The van der Waals surface area contributed by atoms with Crippen LogP contribution in [0.25, 0.3) is 0 Å². The van der Waals surface area contributed by atoms with Crippen LogP contribution >= 0.6 is 12.2 Å². The highest BCUT2D eigenvalue weighted by Crippen LogP contribution is 2.15. The number of rotatable bonds is 3. The monoisotopic (exact) mass is 247 g/mol. The third-order valence-electron chi connectivity index (χ3n) is 2.10. The largest absolute Gasteiger partial charge is 0.388 e. The fraction of sp³-hybridized carbons (Fsp3) is 0. The van der Waals surface area contributed by atoms with Gasteiger partial charge in [0.25, 0.3) is 0 Å². The van der Waals surface area contributed by atoms with Crippen molar-refractivity contribution in [2.75, 3.05) is 5.32 Å². The van der Waals surface area contributed by atoms with Crippen molar-refractivity contribution in [2.45, 2.75) is 0 Å². The lowest BCUT2D eigenvalue weighted by molar-refractivity contribution is 0.628. The van der Waals surface area contributed by atoms with E-state index in [1.165, 1.54) is 12.1 Å². The molecule has 1 aromatic heterocycles. The molecule has 0 atom stereocenters. The molecule has 0 aliphatic heterocycles. The quantitative estimate of drug-likeness (QED) is 0.819. The summed E-state index contributed by atoms with van der Waals surface area (Å²) in [6.45, 7) is 0. The summed E-state index contributed by atoms with van der Waals surface area (Å²) in [4.78, 5) is 4.43. The highest BCUT2D eigenvalue weighted by Gasteiger charge is 2.01. The first-order chi connectivity index (χ1) is 8.15. The van der Waals surface area contributed by atoms with Crippen molar-refractivity contribution >= 4 is 28.7 Å². The molecule has 17 heavy (non-hydrogen) atoms. The van der Waals surface area contributed by atoms with Crippen LogP contribution in [0.1, 0.15) is 5.69 Å². The van der Waals surface area contributed by atoms with Gasteiger partial charge in [0.05, 0.1) is 5.69 Å². The number of hydrogen-bond donors (Lipinski definition) is 2. The summed E-state index contributed by atoms with van der Waals surface area (Å²) in [6, 6.07) is 11.4. The normalized spacial score (nSPS) is 9.94. The molecule has 3 N–H and O–H groups in total. The number of nitrogens with one attached hydrogen (secondary N) is 1. The summed E-state index contributed by atoms with van der Waals surface area (Å²) in [5.41, 5.74) is 6.63. The zero-order chi connectivity index (χ0) is 12.3. The minimum Gasteiger partial charge on any atom is -0.388 e. The molecule has 1 heterocycles. The highest BCUT2D eigenvalue weighted by atomic mass is 32.1. The zero-order valence-corrected chi connectivity index (χ0v) is 9.67. The maximum absolute atomic E-state index is 13.0. The van der Waals surface area contributed by atoms with Gasteiger partial charge in [-0.3, -0.25) is 0 Å². The number of halogens is 1. The van der Waals surface area contributed by atoms with Crippen LogP contribution < -0.4 is 11.1 Å². The molecule has 0 amide bonds. The molecule has 1 aromatic carbocycles. The molecule has 0 aliphatic carbocycles. The molecule has 2 rings (SSSR count). The molecular formula is C12H10FN3S. The highest BCUT2D eigenvalue weighted by molar-refractivity contribution is 7.80. The molecule has 0 radical (unpaired) electrons. The first-order valence-electron chi connectivity index (χ1n) is 4.94. The van der Waals surface area contributed by atoms with E-state index >= 15 is 0 Å². The van der Waals surface area contributed by atoms with E-state index in [1.807, 2.05) is 0 Å². The second-order valence-electron chi connectivity index (χ2n) is 3.41. The van der Waals surface area contributed by atoms with E-state index in [9.17, 15) is 4.39 Å². The first-order valence-corrected chi connectivity index (χ1v) is 5.35. The Hall–Kier alpha value is -2.01. The molecule has 0 spiro atoms. The Bertz CT molecular complexity index is 557. The van der Waals surface area contributed by atoms with Crippen molar-refractivity contribution in [1.82, 2.24) is 4.98 Å². The smallest absolute Gasteiger partial charge is 0.131 e. The number of pyridine rings is 1. The van der Waals surface area contributed by atoms with Gasteiger partial charge in [0.15, 0.2) is 0 Å². The van der Waals surface area contributed by atoms with Crippen LogP contribution in [-0.4, -0.2) is 9.97 Å². The van der Waals surface area contributed by atoms with Gasteiger partial charge >= 0.3 is 0 Å². The molecule has 2 aromatic rings. The summed E-state index contributed by atoms with van der Waals surface area (Å²) < 4.78 is 13.0. The van der Waals surface area contributed by atoms with Gasteiger partial charge in [0, 0.05) is 5.69 Å². The van der Waals surface area contributed by atoms with Gasteiger partial charge in [-0.2, -0.15) is 0 Å². The lowest BCUT2D eigenvalue weighted by atomic mass is 10.3. The van der Waals surface area contributed by atoms with E-state index in [-0.39, 0.29) is 10.8 Å². The van der Waals surface area contributed by atoms with E-state index in [2.05, 4.69) is 10.3 Å². The van der Waals surface area contributed by atoms with Crippen LogP contribution in [0, 0.1) is 5.82 Å². The maximum Gasteiger partial charge on any atom is 0.131 e. The molecule has 5 heteroatoms. The molecule has 0 aliphatic rings. The molecule has 0 saturated heterocycles. The Morgan fingerprint density at radius 3 is 2.71 bits per heavy atom. The number of thiocarbonyl (C=S) groups is 1. The van der Waals surface area contributed by atoms with Crippen molar-refractivity contribution in [2.24, 2.45) is 5.73 Å². The van der Waals surface area contributed by atoms with Crippen LogP contribution in [-0.2, 0) is 0 Å². The average Bonchev–Trinajstić information content (AvgIpc) is 2.29. The third kappa shape index (κ3) is 2.98. The molecule has 0 fully saturated rings. The van der Waals surface area contributed by atoms with Gasteiger partial charge < -0.3 is 11.1 Å². The van der Waals surface area contributed by atoms with Crippen LogP contribution in [0.5, 0.6) is 0 Å². The van der Waals surface area contributed by atoms with Crippen molar-refractivity contribution in [3.8, 4) is 0 Å². The van der Waals surface area contributed by atoms with Gasteiger partial charge in [-0.15, -0.1) is 0 Å². The van der Waals surface area contributed by atoms with Gasteiger partial charge in [0.2, 0.25) is 0 Å². The molecule has 86 valence electrons. The predicted molar refractivity (Wildman–Crippen MR) is 69.8 cm³/mol. The maximum atomic E-state index is 13.0. The van der Waals surface area contributed by atoms with Crippen molar-refractivity contribution in [3.05, 3.63) is 54.0 Å². The zero-order valence-electron chi connectivity index (χ0n) is 8.85. The molecule has 3 nitrogen and oxygen atoms in total. The van der Waals surface area contributed by atoms with Crippen molar-refractivity contribution in [1.29, 1.82) is 0 Å². The lowest BCUT2D eigenvalue weighted by Crippen LogP contribution is -2.12. The Kier molecular flexibility index (Phi) is 3.30. The number of hydrogen-bond acceptors (Lipinski definition) is 3. The van der Waals surface area contributed by atoms with Gasteiger partial charge in [-0.05, 0) is 30.3 Å². The topological polar surface area (TPSA) is 50.9 Å². The average molecular weight is 247 g/mol. The summed E-state index contributed by atoms with van der Waals surface area (Å²) in [6.07, 6.45) is 0. The Morgan fingerprint density at radius 1 is 1.24 bits per heavy atom. The van der Waals surface area contributed by atoms with Gasteiger partial charge in [-0.1, -0.05) is 24.4 Å². The van der Waals surface area contributed by atoms with Crippen LogP contribution in [0.2, 0.25) is 0 Å². The summed E-state index contributed by atoms with van der Waals surface area (Å²) in [5, 5.41) is 2.97. The summed E-state index contributed by atoms with van der Waals surface area (Å²) in [7, 11) is 0. The number of nitrogens with two attached hydrogens (primary N) is 1. The third-order valence-corrected chi connectivity index (χ3v) is 2.31. The standard InChI is InChI=1S/C12H10FN3S/c13-8-3-1-4-9(7-8)15-11-6-2-5-10(16-11)12(14)17/h1-7H,(H2,14,17)(H,15,16). The minimum absolute atomic E-state index is 0.230. The van der Waals surface area contributed by atoms with Crippen LogP contribution in [0.4, 0.5) is 15.9 Å². The summed E-state index contributed by atoms with van der Waals surface area (Å²) >= 11 is 4.83. The van der Waals surface area contributed by atoms with E-state index in [0.717, 1.165) is 0 Å². The van der Waals surface area contributed by atoms with E-state index in [4.69, 9.17) is 18.0 Å². The van der Waals surface area contributed by atoms with Crippen molar-refractivity contribution < 1.29 is 4.39 Å². The molecule has 0 bridgehead atoms. The summed E-state index contributed by atoms with van der Waals surface area (Å²) in [5.74, 6) is 0.265. The predicted octanol–water partition coefficient (Wildman–Crippen LogP) is 2.60. The number of benzene rings is 1. The number of aromatic nitrogens is 1. The fourth-order valence-corrected chi connectivity index (χ4v) is 1.47. The SMILES string of the molecule is NC(=S)c1cccc(Nc2cccc(F)c2)n1. The number of nitrogens with zero attached hydrogens (tertiary/aromatic N) is 1. The van der Waals surface area contributed by atoms with E-state index in [1.54, 1.807) is 30.3 Å². The van der Waals surface area contributed by atoms with E-state index < -0.39 is 0 Å². The van der Waals surface area contributed by atoms with Crippen LogP contribution in [0.15, 0.2) is 42.5 Å². The van der Waals surface area contributed by atoms with E-state index in [0.29, 0.717) is 17.2 Å². The number of anilines is 2. The fourth-order valence-electron chi connectivity index (χ4n) is 1.36. The van der Waals surface area contributed by atoms with Gasteiger partial charge in [0.1, 0.15) is 16.6 Å². The minimum atomic E-state index is -0.305. The first kappa shape index (κ1) is 11.5. The second kappa shape index (κ2) is 4.88. The molecular weight excluding hydrogens is 237 g/mol. The molecule has 0 saturated carbocycles. The van der Waals surface area contributed by atoms with Crippen LogP contribution in [0.3, 0.4) is 0 Å². The Labute approximate surface area is 103 Å². The van der Waals surface area contributed by atoms with Crippen molar-refractivity contribution in [3.63, 3.8) is 0 Å². The Balaban J connectivity index is 2.24. The lowest BCUT2D eigenvalue weighted by Gasteiger charge is -2.06. The second-order valence-corrected chi connectivity index (χ2v) is 3.85.